The van der Waals surface area contributed by atoms with Crippen LogP contribution in [0.25, 0.3) is 0 Å². The second-order valence-electron chi connectivity index (χ2n) is 4.00. The first-order valence-electron chi connectivity index (χ1n) is 5.99. The largest absolute Gasteiger partial charge is 0.504 e. The minimum absolute atomic E-state index is 0.131. The summed E-state index contributed by atoms with van der Waals surface area (Å²) in [7, 11) is 0. The predicted octanol–water partition coefficient (Wildman–Crippen LogP) is 3.75. The van der Waals surface area contributed by atoms with E-state index in [9.17, 15) is 5.11 Å². The molecule has 3 nitrogen and oxygen atoms in total. The summed E-state index contributed by atoms with van der Waals surface area (Å²) >= 11 is 3.33. The summed E-state index contributed by atoms with van der Waals surface area (Å²) in [5.74, 6) is 0.587. The van der Waals surface area contributed by atoms with Gasteiger partial charge in [-0.15, -0.1) is 0 Å². The Kier molecular flexibility index (Phi) is 5.24. The number of phenolic OH excluding ortho intramolecular Hbond substituents is 1. The van der Waals surface area contributed by atoms with Gasteiger partial charge in [-0.2, -0.15) is 0 Å². The van der Waals surface area contributed by atoms with Crippen molar-refractivity contribution in [3.8, 4) is 11.5 Å². The molecule has 0 aliphatic rings. The minimum atomic E-state index is 0.131. The number of benzene rings is 2. The van der Waals surface area contributed by atoms with Gasteiger partial charge < -0.3 is 14.6 Å². The standard InChI is InChI=1S/C15H15BrO3/c16-13-6-7-14(17)15(10-13)19-9-8-18-11-12-4-2-1-3-5-12/h1-7,10,17H,8-9,11H2. The number of halogens is 1. The van der Waals surface area contributed by atoms with Gasteiger partial charge in [0.15, 0.2) is 11.5 Å². The fourth-order valence-corrected chi connectivity index (χ4v) is 1.92. The molecule has 0 heterocycles. The summed E-state index contributed by atoms with van der Waals surface area (Å²) in [6.45, 7) is 1.44. The molecule has 1 N–H and O–H groups in total. The molecule has 0 bridgehead atoms. The van der Waals surface area contributed by atoms with E-state index in [2.05, 4.69) is 15.9 Å². The van der Waals surface area contributed by atoms with Gasteiger partial charge in [0.2, 0.25) is 0 Å². The van der Waals surface area contributed by atoms with E-state index in [1.54, 1.807) is 18.2 Å². The molecule has 0 aromatic heterocycles. The van der Waals surface area contributed by atoms with Crippen LogP contribution in [0, 0.1) is 0 Å². The van der Waals surface area contributed by atoms with Crippen LogP contribution < -0.4 is 4.74 Å². The van der Waals surface area contributed by atoms with Crippen LogP contribution in [0.4, 0.5) is 0 Å². The molecule has 0 aliphatic carbocycles. The average molecular weight is 323 g/mol. The molecule has 0 saturated heterocycles. The summed E-state index contributed by atoms with van der Waals surface area (Å²) < 4.78 is 11.8. The van der Waals surface area contributed by atoms with E-state index in [-0.39, 0.29) is 5.75 Å². The molecular formula is C15H15BrO3. The van der Waals surface area contributed by atoms with Crippen molar-refractivity contribution < 1.29 is 14.6 Å². The van der Waals surface area contributed by atoms with Crippen molar-refractivity contribution >= 4 is 15.9 Å². The normalized spacial score (nSPS) is 10.4. The van der Waals surface area contributed by atoms with Crippen LogP contribution in [0.15, 0.2) is 53.0 Å². The molecule has 0 fully saturated rings. The van der Waals surface area contributed by atoms with Crippen molar-refractivity contribution in [1.82, 2.24) is 0 Å². The first-order valence-corrected chi connectivity index (χ1v) is 6.78. The molecular weight excluding hydrogens is 308 g/mol. The lowest BCUT2D eigenvalue weighted by Gasteiger charge is -2.09. The highest BCUT2D eigenvalue weighted by molar-refractivity contribution is 9.10. The summed E-state index contributed by atoms with van der Waals surface area (Å²) in [6, 6.07) is 15.0. The molecule has 4 heteroatoms. The highest BCUT2D eigenvalue weighted by Crippen LogP contribution is 2.28. The minimum Gasteiger partial charge on any atom is -0.504 e. The Morgan fingerprint density at radius 3 is 2.58 bits per heavy atom. The maximum absolute atomic E-state index is 9.58. The van der Waals surface area contributed by atoms with E-state index in [1.807, 2.05) is 30.3 Å². The molecule has 0 amide bonds. The lowest BCUT2D eigenvalue weighted by molar-refractivity contribution is 0.0880. The molecule has 19 heavy (non-hydrogen) atoms. The van der Waals surface area contributed by atoms with Gasteiger partial charge in [-0.05, 0) is 23.8 Å². The maximum Gasteiger partial charge on any atom is 0.162 e. The van der Waals surface area contributed by atoms with Crippen molar-refractivity contribution in [1.29, 1.82) is 0 Å². The summed E-state index contributed by atoms with van der Waals surface area (Å²) in [4.78, 5) is 0. The zero-order valence-electron chi connectivity index (χ0n) is 10.4. The van der Waals surface area contributed by atoms with Crippen LogP contribution >= 0.6 is 15.9 Å². The Labute approximate surface area is 120 Å². The Morgan fingerprint density at radius 1 is 1.00 bits per heavy atom. The van der Waals surface area contributed by atoms with Crippen LogP contribution in [0.5, 0.6) is 11.5 Å². The number of rotatable bonds is 6. The van der Waals surface area contributed by atoms with Crippen LogP contribution in [-0.4, -0.2) is 18.3 Å². The van der Waals surface area contributed by atoms with Gasteiger partial charge in [-0.1, -0.05) is 46.3 Å². The van der Waals surface area contributed by atoms with Crippen LogP contribution in [-0.2, 0) is 11.3 Å². The van der Waals surface area contributed by atoms with Crippen LogP contribution in [0.3, 0.4) is 0 Å². The third kappa shape index (κ3) is 4.58. The SMILES string of the molecule is Oc1ccc(Br)cc1OCCOCc1ccccc1. The van der Waals surface area contributed by atoms with E-state index in [1.165, 1.54) is 0 Å². The number of aromatic hydroxyl groups is 1. The number of ether oxygens (including phenoxy) is 2. The molecule has 0 aliphatic heterocycles. The van der Waals surface area contributed by atoms with E-state index in [0.717, 1.165) is 10.0 Å². The molecule has 2 aromatic rings. The van der Waals surface area contributed by atoms with Crippen molar-refractivity contribution in [3.63, 3.8) is 0 Å². The molecule has 0 saturated carbocycles. The van der Waals surface area contributed by atoms with E-state index >= 15 is 0 Å². The fraction of sp³-hybridized carbons (Fsp3) is 0.200. The first kappa shape index (κ1) is 13.9. The Morgan fingerprint density at radius 2 is 1.79 bits per heavy atom. The number of hydrogen-bond acceptors (Lipinski definition) is 3. The van der Waals surface area contributed by atoms with E-state index in [4.69, 9.17) is 9.47 Å². The van der Waals surface area contributed by atoms with E-state index < -0.39 is 0 Å². The van der Waals surface area contributed by atoms with Crippen molar-refractivity contribution in [2.45, 2.75) is 6.61 Å². The topological polar surface area (TPSA) is 38.7 Å². The maximum atomic E-state index is 9.58. The quantitative estimate of drug-likeness (QED) is 0.823. The second-order valence-corrected chi connectivity index (χ2v) is 4.91. The Bertz CT molecular complexity index is 514. The average Bonchev–Trinajstić information content (AvgIpc) is 2.43. The summed E-state index contributed by atoms with van der Waals surface area (Å²) in [5, 5.41) is 9.58. The Hall–Kier alpha value is -1.52. The zero-order chi connectivity index (χ0) is 13.5. The molecule has 0 atom stereocenters. The summed E-state index contributed by atoms with van der Waals surface area (Å²) in [6.07, 6.45) is 0. The monoisotopic (exact) mass is 322 g/mol. The van der Waals surface area contributed by atoms with Crippen molar-refractivity contribution in [2.75, 3.05) is 13.2 Å². The first-order chi connectivity index (χ1) is 9.25. The third-order valence-electron chi connectivity index (χ3n) is 2.52. The van der Waals surface area contributed by atoms with Gasteiger partial charge in [-0.3, -0.25) is 0 Å². The second kappa shape index (κ2) is 7.16. The van der Waals surface area contributed by atoms with Gasteiger partial charge in [0.25, 0.3) is 0 Å². The van der Waals surface area contributed by atoms with Gasteiger partial charge in [0.05, 0.1) is 13.2 Å². The highest BCUT2D eigenvalue weighted by Gasteiger charge is 2.02. The molecule has 0 spiro atoms. The Balaban J connectivity index is 1.71. The summed E-state index contributed by atoms with van der Waals surface area (Å²) in [5.41, 5.74) is 1.13. The third-order valence-corrected chi connectivity index (χ3v) is 3.01. The van der Waals surface area contributed by atoms with Crippen LogP contribution in [0.1, 0.15) is 5.56 Å². The molecule has 0 radical (unpaired) electrons. The highest BCUT2D eigenvalue weighted by atomic mass is 79.9. The number of hydrogen-bond donors (Lipinski definition) is 1. The zero-order valence-corrected chi connectivity index (χ0v) is 12.0. The lowest BCUT2D eigenvalue weighted by Crippen LogP contribution is -2.06. The van der Waals surface area contributed by atoms with Gasteiger partial charge >= 0.3 is 0 Å². The predicted molar refractivity (Wildman–Crippen MR) is 77.4 cm³/mol. The van der Waals surface area contributed by atoms with Gasteiger partial charge in [0.1, 0.15) is 6.61 Å². The number of phenols is 1. The lowest BCUT2D eigenvalue weighted by atomic mass is 10.2. The smallest absolute Gasteiger partial charge is 0.162 e. The van der Waals surface area contributed by atoms with Crippen molar-refractivity contribution in [3.05, 3.63) is 58.6 Å². The molecule has 2 rings (SSSR count). The molecule has 2 aromatic carbocycles. The van der Waals surface area contributed by atoms with Crippen LogP contribution in [0.2, 0.25) is 0 Å². The molecule has 0 unspecified atom stereocenters. The molecule has 100 valence electrons. The van der Waals surface area contributed by atoms with Gasteiger partial charge in [-0.25, -0.2) is 0 Å². The van der Waals surface area contributed by atoms with Crippen molar-refractivity contribution in [2.24, 2.45) is 0 Å². The van der Waals surface area contributed by atoms with Gasteiger partial charge in [0, 0.05) is 4.47 Å². The van der Waals surface area contributed by atoms with E-state index in [0.29, 0.717) is 25.6 Å². The fourth-order valence-electron chi connectivity index (χ4n) is 1.58.